The van der Waals surface area contributed by atoms with Gasteiger partial charge in [-0.15, -0.1) is 0 Å². The summed E-state index contributed by atoms with van der Waals surface area (Å²) in [7, 11) is 0. The maximum absolute atomic E-state index is 3.66. The summed E-state index contributed by atoms with van der Waals surface area (Å²) in [6.45, 7) is 5.67. The number of rotatable bonds is 6. The van der Waals surface area contributed by atoms with Crippen LogP contribution in [0.25, 0.3) is 0 Å². The predicted octanol–water partition coefficient (Wildman–Crippen LogP) is 4.02. The SMILES string of the molecule is CCNC(Cc1cccc(Br)c1)C(C)C1CC1. The summed E-state index contributed by atoms with van der Waals surface area (Å²) in [5.74, 6) is 1.76. The Morgan fingerprint density at radius 3 is 2.76 bits per heavy atom. The first-order valence-corrected chi connectivity index (χ1v) is 7.47. The van der Waals surface area contributed by atoms with E-state index in [0.29, 0.717) is 6.04 Å². The molecule has 0 saturated heterocycles. The highest BCUT2D eigenvalue weighted by Gasteiger charge is 2.32. The second-order valence-corrected chi connectivity index (χ2v) is 6.11. The van der Waals surface area contributed by atoms with Gasteiger partial charge in [-0.25, -0.2) is 0 Å². The third-order valence-corrected chi connectivity index (χ3v) is 4.30. The van der Waals surface area contributed by atoms with E-state index in [4.69, 9.17) is 0 Å². The van der Waals surface area contributed by atoms with Gasteiger partial charge in [0.15, 0.2) is 0 Å². The minimum absolute atomic E-state index is 0.627. The molecule has 1 fully saturated rings. The van der Waals surface area contributed by atoms with E-state index in [2.05, 4.69) is 59.4 Å². The number of halogens is 1. The molecular formula is C15H22BrN. The van der Waals surface area contributed by atoms with E-state index < -0.39 is 0 Å². The minimum atomic E-state index is 0.627. The maximum Gasteiger partial charge on any atom is 0.0178 e. The van der Waals surface area contributed by atoms with Crippen molar-refractivity contribution in [2.45, 2.75) is 39.2 Å². The number of hydrogen-bond donors (Lipinski definition) is 1. The molecule has 1 aliphatic carbocycles. The molecule has 1 nitrogen and oxygen atoms in total. The van der Waals surface area contributed by atoms with Gasteiger partial charge in [-0.05, 0) is 55.3 Å². The molecular weight excluding hydrogens is 274 g/mol. The molecule has 0 heterocycles. The second-order valence-electron chi connectivity index (χ2n) is 5.19. The smallest absolute Gasteiger partial charge is 0.0178 e. The zero-order valence-electron chi connectivity index (χ0n) is 10.7. The average Bonchev–Trinajstić information content (AvgIpc) is 3.11. The summed E-state index contributed by atoms with van der Waals surface area (Å²) >= 11 is 3.55. The van der Waals surface area contributed by atoms with Gasteiger partial charge in [0.25, 0.3) is 0 Å². The van der Waals surface area contributed by atoms with Gasteiger partial charge in [-0.1, -0.05) is 41.9 Å². The minimum Gasteiger partial charge on any atom is -0.314 e. The molecule has 17 heavy (non-hydrogen) atoms. The Labute approximate surface area is 113 Å². The standard InChI is InChI=1S/C15H22BrN/c1-3-17-15(11(2)13-7-8-13)10-12-5-4-6-14(16)9-12/h4-6,9,11,13,15,17H,3,7-8,10H2,1-2H3. The van der Waals surface area contributed by atoms with Crippen molar-refractivity contribution < 1.29 is 0 Å². The number of likely N-dealkylation sites (N-methyl/N-ethyl adjacent to an activating group) is 1. The molecule has 2 atom stereocenters. The fourth-order valence-electron chi connectivity index (χ4n) is 2.57. The van der Waals surface area contributed by atoms with Crippen molar-refractivity contribution >= 4 is 15.9 Å². The molecule has 94 valence electrons. The van der Waals surface area contributed by atoms with E-state index in [9.17, 15) is 0 Å². The van der Waals surface area contributed by atoms with Gasteiger partial charge in [0.2, 0.25) is 0 Å². The van der Waals surface area contributed by atoms with Crippen LogP contribution in [-0.2, 0) is 6.42 Å². The van der Waals surface area contributed by atoms with E-state index in [-0.39, 0.29) is 0 Å². The zero-order chi connectivity index (χ0) is 12.3. The van der Waals surface area contributed by atoms with E-state index >= 15 is 0 Å². The van der Waals surface area contributed by atoms with Gasteiger partial charge in [-0.2, -0.15) is 0 Å². The molecule has 1 aromatic carbocycles. The van der Waals surface area contributed by atoms with Gasteiger partial charge in [0.05, 0.1) is 0 Å². The summed E-state index contributed by atoms with van der Waals surface area (Å²) in [6, 6.07) is 9.32. The third kappa shape index (κ3) is 3.82. The second kappa shape index (κ2) is 6.01. The van der Waals surface area contributed by atoms with E-state index in [1.165, 1.54) is 22.9 Å². The lowest BCUT2D eigenvalue weighted by atomic mass is 9.91. The highest BCUT2D eigenvalue weighted by molar-refractivity contribution is 9.10. The first-order valence-electron chi connectivity index (χ1n) is 6.68. The van der Waals surface area contributed by atoms with Crippen LogP contribution < -0.4 is 5.32 Å². The highest BCUT2D eigenvalue weighted by Crippen LogP contribution is 2.38. The first kappa shape index (κ1) is 13.1. The van der Waals surface area contributed by atoms with Crippen LogP contribution in [-0.4, -0.2) is 12.6 Å². The molecule has 1 aromatic rings. The lowest BCUT2D eigenvalue weighted by Crippen LogP contribution is -2.37. The molecule has 0 aliphatic heterocycles. The van der Waals surface area contributed by atoms with E-state index in [1.807, 2.05) is 0 Å². The van der Waals surface area contributed by atoms with Gasteiger partial charge in [0, 0.05) is 10.5 Å². The van der Waals surface area contributed by atoms with Crippen LogP contribution in [0.1, 0.15) is 32.3 Å². The average molecular weight is 296 g/mol. The van der Waals surface area contributed by atoms with Crippen LogP contribution in [0.3, 0.4) is 0 Å². The molecule has 2 unspecified atom stereocenters. The molecule has 2 heteroatoms. The molecule has 0 bridgehead atoms. The highest BCUT2D eigenvalue weighted by atomic mass is 79.9. The molecule has 1 N–H and O–H groups in total. The van der Waals surface area contributed by atoms with Crippen molar-refractivity contribution in [2.24, 2.45) is 11.8 Å². The van der Waals surface area contributed by atoms with E-state index in [1.54, 1.807) is 0 Å². The molecule has 0 radical (unpaired) electrons. The normalized spacial score (nSPS) is 19.0. The molecule has 1 aliphatic rings. The molecule has 2 rings (SSSR count). The van der Waals surface area contributed by atoms with Crippen LogP contribution in [0.15, 0.2) is 28.7 Å². The van der Waals surface area contributed by atoms with Crippen molar-refractivity contribution in [1.82, 2.24) is 5.32 Å². The molecule has 0 aromatic heterocycles. The van der Waals surface area contributed by atoms with Crippen molar-refractivity contribution in [3.63, 3.8) is 0 Å². The zero-order valence-corrected chi connectivity index (χ0v) is 12.3. The number of benzene rings is 1. The fraction of sp³-hybridized carbons (Fsp3) is 0.600. The monoisotopic (exact) mass is 295 g/mol. The molecule has 0 spiro atoms. The van der Waals surface area contributed by atoms with Crippen LogP contribution in [0, 0.1) is 11.8 Å². The van der Waals surface area contributed by atoms with Crippen LogP contribution in [0.2, 0.25) is 0 Å². The van der Waals surface area contributed by atoms with Crippen molar-refractivity contribution in [3.05, 3.63) is 34.3 Å². The Kier molecular flexibility index (Phi) is 4.63. The lowest BCUT2D eigenvalue weighted by Gasteiger charge is -2.25. The number of hydrogen-bond acceptors (Lipinski definition) is 1. The van der Waals surface area contributed by atoms with E-state index in [0.717, 1.165) is 24.8 Å². The summed E-state index contributed by atoms with van der Waals surface area (Å²) in [5, 5.41) is 3.66. The summed E-state index contributed by atoms with van der Waals surface area (Å²) < 4.78 is 1.18. The predicted molar refractivity (Wildman–Crippen MR) is 77.2 cm³/mol. The van der Waals surface area contributed by atoms with Gasteiger partial charge in [-0.3, -0.25) is 0 Å². The van der Waals surface area contributed by atoms with Crippen molar-refractivity contribution in [3.8, 4) is 0 Å². The third-order valence-electron chi connectivity index (χ3n) is 3.81. The first-order chi connectivity index (χ1) is 8.20. The summed E-state index contributed by atoms with van der Waals surface area (Å²) in [4.78, 5) is 0. The molecule has 0 amide bonds. The van der Waals surface area contributed by atoms with Crippen LogP contribution >= 0.6 is 15.9 Å². The largest absolute Gasteiger partial charge is 0.314 e. The summed E-state index contributed by atoms with van der Waals surface area (Å²) in [6.07, 6.45) is 4.01. The van der Waals surface area contributed by atoms with Crippen LogP contribution in [0.5, 0.6) is 0 Å². The Morgan fingerprint density at radius 2 is 2.18 bits per heavy atom. The van der Waals surface area contributed by atoms with Gasteiger partial charge < -0.3 is 5.32 Å². The van der Waals surface area contributed by atoms with Crippen LogP contribution in [0.4, 0.5) is 0 Å². The van der Waals surface area contributed by atoms with Crippen molar-refractivity contribution in [1.29, 1.82) is 0 Å². The van der Waals surface area contributed by atoms with Gasteiger partial charge in [0.1, 0.15) is 0 Å². The van der Waals surface area contributed by atoms with Gasteiger partial charge >= 0.3 is 0 Å². The quantitative estimate of drug-likeness (QED) is 0.836. The Bertz CT molecular complexity index is 360. The number of nitrogens with one attached hydrogen (secondary N) is 1. The summed E-state index contributed by atoms with van der Waals surface area (Å²) in [5.41, 5.74) is 1.43. The lowest BCUT2D eigenvalue weighted by molar-refractivity contribution is 0.344. The Balaban J connectivity index is 2.01. The maximum atomic E-state index is 3.66. The Morgan fingerprint density at radius 1 is 1.41 bits per heavy atom. The van der Waals surface area contributed by atoms with Crippen molar-refractivity contribution in [2.75, 3.05) is 6.54 Å². The topological polar surface area (TPSA) is 12.0 Å². The molecule has 1 saturated carbocycles. The fourth-order valence-corrected chi connectivity index (χ4v) is 3.02. The Hall–Kier alpha value is -0.340.